The van der Waals surface area contributed by atoms with Crippen molar-refractivity contribution in [1.82, 2.24) is 0 Å². The quantitative estimate of drug-likeness (QED) is 0.529. The summed E-state index contributed by atoms with van der Waals surface area (Å²) in [6, 6.07) is 9.59. The van der Waals surface area contributed by atoms with Crippen molar-refractivity contribution in [3.05, 3.63) is 30.3 Å². The Kier molecular flexibility index (Phi) is 1.52. The predicted molar refractivity (Wildman–Crippen MR) is 57.2 cm³/mol. The number of rotatable bonds is 0. The highest BCUT2D eigenvalue weighted by molar-refractivity contribution is 6.02. The molecule has 3 heteroatoms. The number of fused-ring (bicyclic) bond motifs is 1. The first-order chi connectivity index (χ1) is 6.20. The van der Waals surface area contributed by atoms with Gasteiger partial charge in [0.25, 0.3) is 0 Å². The maximum Gasteiger partial charge on any atom is 0.0787 e. The van der Waals surface area contributed by atoms with Crippen molar-refractivity contribution >= 4 is 27.8 Å². The lowest BCUT2D eigenvalue weighted by Crippen LogP contribution is -2.00. The SMILES string of the molecule is Nc1cc2ccccc2c(N)c1N. The van der Waals surface area contributed by atoms with E-state index in [4.69, 9.17) is 17.2 Å². The molecule has 0 unspecified atom stereocenters. The Morgan fingerprint density at radius 3 is 2.31 bits per heavy atom. The zero-order valence-electron chi connectivity index (χ0n) is 7.12. The van der Waals surface area contributed by atoms with E-state index in [1.165, 1.54) is 0 Å². The van der Waals surface area contributed by atoms with Crippen molar-refractivity contribution in [2.75, 3.05) is 17.2 Å². The van der Waals surface area contributed by atoms with Crippen LogP contribution in [0.2, 0.25) is 0 Å². The van der Waals surface area contributed by atoms with E-state index in [2.05, 4.69) is 0 Å². The van der Waals surface area contributed by atoms with E-state index in [0.717, 1.165) is 10.8 Å². The molecule has 0 fully saturated rings. The average Bonchev–Trinajstić information content (AvgIpc) is 2.15. The Balaban J connectivity index is 2.94. The van der Waals surface area contributed by atoms with Crippen molar-refractivity contribution in [2.45, 2.75) is 0 Å². The molecule has 0 bridgehead atoms. The molecule has 0 aromatic heterocycles. The maximum atomic E-state index is 5.81. The first kappa shape index (κ1) is 7.73. The van der Waals surface area contributed by atoms with Crippen LogP contribution in [0.3, 0.4) is 0 Å². The molecule has 0 amide bonds. The van der Waals surface area contributed by atoms with Gasteiger partial charge in [0.15, 0.2) is 0 Å². The highest BCUT2D eigenvalue weighted by atomic mass is 14.7. The van der Waals surface area contributed by atoms with E-state index in [-0.39, 0.29) is 0 Å². The minimum atomic E-state index is 0.471. The van der Waals surface area contributed by atoms with E-state index >= 15 is 0 Å². The van der Waals surface area contributed by atoms with Gasteiger partial charge in [-0.05, 0) is 11.5 Å². The van der Waals surface area contributed by atoms with Gasteiger partial charge < -0.3 is 17.2 Å². The van der Waals surface area contributed by atoms with Crippen molar-refractivity contribution in [1.29, 1.82) is 0 Å². The second-order valence-corrected chi connectivity index (χ2v) is 3.01. The van der Waals surface area contributed by atoms with Crippen LogP contribution in [0.4, 0.5) is 17.1 Å². The van der Waals surface area contributed by atoms with E-state index in [9.17, 15) is 0 Å². The molecule has 0 heterocycles. The van der Waals surface area contributed by atoms with Crippen LogP contribution in [-0.2, 0) is 0 Å². The third-order valence-corrected chi connectivity index (χ3v) is 2.16. The molecule has 2 rings (SSSR count). The van der Waals surface area contributed by atoms with Crippen LogP contribution >= 0.6 is 0 Å². The van der Waals surface area contributed by atoms with Gasteiger partial charge in [0.05, 0.1) is 17.1 Å². The molecule has 0 saturated heterocycles. The molecular formula is C10H11N3. The fourth-order valence-electron chi connectivity index (χ4n) is 1.41. The summed E-state index contributed by atoms with van der Waals surface area (Å²) in [5, 5.41) is 1.97. The van der Waals surface area contributed by atoms with Gasteiger partial charge in [-0.15, -0.1) is 0 Å². The number of hydrogen-bond donors (Lipinski definition) is 3. The minimum Gasteiger partial charge on any atom is -0.397 e. The standard InChI is InChI=1S/C10H11N3/c11-8-5-6-3-1-2-4-7(6)9(12)10(8)13/h1-5H,11-13H2. The summed E-state index contributed by atoms with van der Waals surface area (Å²) in [6.45, 7) is 0. The zero-order chi connectivity index (χ0) is 9.42. The smallest absolute Gasteiger partial charge is 0.0787 e. The van der Waals surface area contributed by atoms with Crippen LogP contribution in [0.1, 0.15) is 0 Å². The van der Waals surface area contributed by atoms with E-state index in [1.807, 2.05) is 30.3 Å². The molecule has 6 N–H and O–H groups in total. The van der Waals surface area contributed by atoms with Gasteiger partial charge in [-0.1, -0.05) is 24.3 Å². The van der Waals surface area contributed by atoms with Crippen LogP contribution in [0.25, 0.3) is 10.8 Å². The van der Waals surface area contributed by atoms with Crippen molar-refractivity contribution < 1.29 is 0 Å². The predicted octanol–water partition coefficient (Wildman–Crippen LogP) is 1.59. The summed E-state index contributed by atoms with van der Waals surface area (Å²) in [5.74, 6) is 0. The molecule has 2 aromatic rings. The molecule has 0 radical (unpaired) electrons. The van der Waals surface area contributed by atoms with Crippen LogP contribution in [0.15, 0.2) is 30.3 Å². The van der Waals surface area contributed by atoms with Gasteiger partial charge in [0.2, 0.25) is 0 Å². The lowest BCUT2D eigenvalue weighted by atomic mass is 10.1. The third kappa shape index (κ3) is 1.05. The summed E-state index contributed by atoms with van der Waals surface area (Å²) >= 11 is 0. The monoisotopic (exact) mass is 173 g/mol. The molecule has 0 spiro atoms. The number of hydrogen-bond acceptors (Lipinski definition) is 3. The molecule has 2 aromatic carbocycles. The van der Waals surface area contributed by atoms with Crippen molar-refractivity contribution in [3.63, 3.8) is 0 Å². The van der Waals surface area contributed by atoms with Gasteiger partial charge in [-0.25, -0.2) is 0 Å². The molecular weight excluding hydrogens is 162 g/mol. The Labute approximate surface area is 76.1 Å². The molecule has 3 nitrogen and oxygen atoms in total. The molecule has 66 valence electrons. The normalized spacial score (nSPS) is 10.5. The number of nitrogens with two attached hydrogens (primary N) is 3. The summed E-state index contributed by atoms with van der Waals surface area (Å²) in [6.07, 6.45) is 0. The molecule has 13 heavy (non-hydrogen) atoms. The Hall–Kier alpha value is -1.90. The molecule has 0 aliphatic carbocycles. The van der Waals surface area contributed by atoms with Gasteiger partial charge in [0.1, 0.15) is 0 Å². The minimum absolute atomic E-state index is 0.471. The largest absolute Gasteiger partial charge is 0.397 e. The van der Waals surface area contributed by atoms with Crippen LogP contribution in [0, 0.1) is 0 Å². The van der Waals surface area contributed by atoms with E-state index in [0.29, 0.717) is 17.1 Å². The van der Waals surface area contributed by atoms with Crippen LogP contribution in [0.5, 0.6) is 0 Å². The first-order valence-electron chi connectivity index (χ1n) is 4.02. The molecule has 0 aliphatic heterocycles. The molecule has 0 atom stereocenters. The second kappa shape index (κ2) is 2.55. The molecule has 0 saturated carbocycles. The summed E-state index contributed by atoms with van der Waals surface area (Å²) in [7, 11) is 0. The van der Waals surface area contributed by atoms with Crippen molar-refractivity contribution in [2.24, 2.45) is 0 Å². The number of nitrogen functional groups attached to an aromatic ring is 3. The van der Waals surface area contributed by atoms with E-state index < -0.39 is 0 Å². The fraction of sp³-hybridized carbons (Fsp3) is 0. The summed E-state index contributed by atoms with van der Waals surface area (Å²) < 4.78 is 0. The Morgan fingerprint density at radius 1 is 0.846 bits per heavy atom. The highest BCUT2D eigenvalue weighted by Crippen LogP contribution is 2.31. The third-order valence-electron chi connectivity index (χ3n) is 2.16. The van der Waals surface area contributed by atoms with Gasteiger partial charge in [-0.3, -0.25) is 0 Å². The zero-order valence-corrected chi connectivity index (χ0v) is 7.12. The fourth-order valence-corrected chi connectivity index (χ4v) is 1.41. The number of benzene rings is 2. The number of anilines is 3. The first-order valence-corrected chi connectivity index (χ1v) is 4.02. The van der Waals surface area contributed by atoms with Gasteiger partial charge in [0, 0.05) is 5.39 Å². The topological polar surface area (TPSA) is 78.1 Å². The lowest BCUT2D eigenvalue weighted by Gasteiger charge is -2.07. The van der Waals surface area contributed by atoms with Gasteiger partial charge >= 0.3 is 0 Å². The highest BCUT2D eigenvalue weighted by Gasteiger charge is 2.04. The average molecular weight is 173 g/mol. The summed E-state index contributed by atoms with van der Waals surface area (Å²) in [4.78, 5) is 0. The summed E-state index contributed by atoms with van der Waals surface area (Å²) in [5.41, 5.74) is 18.8. The second-order valence-electron chi connectivity index (χ2n) is 3.01. The van der Waals surface area contributed by atoms with Crippen molar-refractivity contribution in [3.8, 4) is 0 Å². The van der Waals surface area contributed by atoms with Crippen LogP contribution < -0.4 is 17.2 Å². The van der Waals surface area contributed by atoms with Gasteiger partial charge in [-0.2, -0.15) is 0 Å². The van der Waals surface area contributed by atoms with Crippen LogP contribution in [-0.4, -0.2) is 0 Å². The maximum absolute atomic E-state index is 5.81. The molecule has 0 aliphatic rings. The Bertz CT molecular complexity index is 463. The lowest BCUT2D eigenvalue weighted by molar-refractivity contribution is 1.69. The van der Waals surface area contributed by atoms with E-state index in [1.54, 1.807) is 0 Å². The Morgan fingerprint density at radius 2 is 1.54 bits per heavy atom.